The number of hydrogen-bond donors (Lipinski definition) is 1. The predicted octanol–water partition coefficient (Wildman–Crippen LogP) is 3.78. The highest BCUT2D eigenvalue weighted by Crippen LogP contribution is 2.38. The van der Waals surface area contributed by atoms with E-state index in [1.54, 1.807) is 0 Å². The first-order valence-corrected chi connectivity index (χ1v) is 8.07. The zero-order valence-electron chi connectivity index (χ0n) is 14.9. The summed E-state index contributed by atoms with van der Waals surface area (Å²) in [4.78, 5) is 0. The van der Waals surface area contributed by atoms with Gasteiger partial charge in [-0.05, 0) is 45.9 Å². The van der Waals surface area contributed by atoms with Gasteiger partial charge in [0.2, 0.25) is 0 Å². The fourth-order valence-corrected chi connectivity index (χ4v) is 2.56. The Morgan fingerprint density at radius 3 is 2.12 bits per heavy atom. The predicted molar refractivity (Wildman–Crippen MR) is 93.0 cm³/mol. The minimum absolute atomic E-state index is 0.138. The molecule has 4 nitrogen and oxygen atoms in total. The number of ether oxygens (including phenoxy) is 1. The average molecular weight is 365 g/mol. The number of benzene rings is 2. The van der Waals surface area contributed by atoms with Crippen LogP contribution in [0.15, 0.2) is 30.3 Å². The second-order valence-electron chi connectivity index (χ2n) is 7.19. The van der Waals surface area contributed by atoms with Gasteiger partial charge < -0.3 is 19.8 Å². The van der Waals surface area contributed by atoms with Crippen LogP contribution in [0.3, 0.4) is 0 Å². The highest BCUT2D eigenvalue weighted by atomic mass is 19.1. The van der Waals surface area contributed by atoms with Gasteiger partial charge in [-0.3, -0.25) is 0 Å². The van der Waals surface area contributed by atoms with E-state index >= 15 is 0 Å². The first-order chi connectivity index (χ1) is 12.0. The van der Waals surface area contributed by atoms with Crippen LogP contribution in [-0.2, 0) is 9.31 Å². The SMILES string of the molecule is CC1(C)OB(c2cc(N)cc(F)c2Oc2ccc(F)cc2F)OC1(C)C. The van der Waals surface area contributed by atoms with Crippen molar-refractivity contribution in [1.29, 1.82) is 0 Å². The van der Waals surface area contributed by atoms with E-state index in [0.717, 1.165) is 18.2 Å². The van der Waals surface area contributed by atoms with Crippen molar-refractivity contribution < 1.29 is 27.2 Å². The second kappa shape index (κ2) is 6.21. The molecule has 0 aliphatic carbocycles. The molecular formula is C18H19BF3NO3. The molecule has 1 fully saturated rings. The van der Waals surface area contributed by atoms with Gasteiger partial charge in [0.1, 0.15) is 5.82 Å². The summed E-state index contributed by atoms with van der Waals surface area (Å²) in [5.74, 6) is -3.14. The zero-order chi connectivity index (χ0) is 19.3. The number of nitrogens with two attached hydrogens (primary N) is 1. The van der Waals surface area contributed by atoms with E-state index in [0.29, 0.717) is 6.07 Å². The molecule has 0 saturated carbocycles. The highest BCUT2D eigenvalue weighted by molar-refractivity contribution is 6.63. The Balaban J connectivity index is 2.04. The number of hydrogen-bond acceptors (Lipinski definition) is 4. The van der Waals surface area contributed by atoms with Crippen LogP contribution in [0.1, 0.15) is 27.7 Å². The lowest BCUT2D eigenvalue weighted by Crippen LogP contribution is -2.41. The number of nitrogen functional groups attached to an aromatic ring is 1. The molecule has 1 aliphatic rings. The third kappa shape index (κ3) is 3.26. The van der Waals surface area contributed by atoms with Gasteiger partial charge in [-0.1, -0.05) is 0 Å². The number of halogens is 3. The monoisotopic (exact) mass is 365 g/mol. The maximum absolute atomic E-state index is 14.5. The van der Waals surface area contributed by atoms with E-state index in [4.69, 9.17) is 19.8 Å². The smallest absolute Gasteiger partial charge is 0.452 e. The van der Waals surface area contributed by atoms with Crippen LogP contribution < -0.4 is 15.9 Å². The van der Waals surface area contributed by atoms with Crippen LogP contribution in [0.2, 0.25) is 0 Å². The van der Waals surface area contributed by atoms with E-state index in [1.807, 2.05) is 27.7 Å². The molecule has 2 N–H and O–H groups in total. The summed E-state index contributed by atoms with van der Waals surface area (Å²) < 4.78 is 58.8. The van der Waals surface area contributed by atoms with Crippen molar-refractivity contribution in [3.05, 3.63) is 47.8 Å². The van der Waals surface area contributed by atoms with Gasteiger partial charge in [0.25, 0.3) is 0 Å². The normalized spacial score (nSPS) is 18.2. The maximum atomic E-state index is 14.5. The lowest BCUT2D eigenvalue weighted by Gasteiger charge is -2.32. The summed E-state index contributed by atoms with van der Waals surface area (Å²) in [6, 6.07) is 5.24. The van der Waals surface area contributed by atoms with Crippen LogP contribution in [0.25, 0.3) is 0 Å². The fraction of sp³-hybridized carbons (Fsp3) is 0.333. The lowest BCUT2D eigenvalue weighted by atomic mass is 9.78. The van der Waals surface area contributed by atoms with Gasteiger partial charge in [-0.15, -0.1) is 0 Å². The Bertz CT molecular complexity index is 842. The molecule has 26 heavy (non-hydrogen) atoms. The van der Waals surface area contributed by atoms with Crippen LogP contribution in [0.4, 0.5) is 18.9 Å². The Morgan fingerprint density at radius 2 is 1.54 bits per heavy atom. The summed E-state index contributed by atoms with van der Waals surface area (Å²) in [7, 11) is -0.962. The molecule has 0 bridgehead atoms. The fourth-order valence-electron chi connectivity index (χ4n) is 2.56. The maximum Gasteiger partial charge on any atom is 0.498 e. The van der Waals surface area contributed by atoms with Gasteiger partial charge in [0, 0.05) is 23.3 Å². The largest absolute Gasteiger partial charge is 0.498 e. The molecule has 2 aromatic carbocycles. The van der Waals surface area contributed by atoms with Crippen LogP contribution in [-0.4, -0.2) is 18.3 Å². The van der Waals surface area contributed by atoms with E-state index < -0.39 is 35.8 Å². The molecule has 1 aliphatic heterocycles. The average Bonchev–Trinajstić information content (AvgIpc) is 2.72. The topological polar surface area (TPSA) is 53.7 Å². The Morgan fingerprint density at radius 1 is 0.923 bits per heavy atom. The Hall–Kier alpha value is -2.19. The van der Waals surface area contributed by atoms with Gasteiger partial charge >= 0.3 is 7.12 Å². The van der Waals surface area contributed by atoms with Crippen molar-refractivity contribution >= 4 is 18.3 Å². The summed E-state index contributed by atoms with van der Waals surface area (Å²) in [5.41, 5.74) is 4.73. The van der Waals surface area contributed by atoms with Crippen molar-refractivity contribution in [1.82, 2.24) is 0 Å². The van der Waals surface area contributed by atoms with Gasteiger partial charge in [0.05, 0.1) is 11.2 Å². The molecule has 8 heteroatoms. The molecule has 3 rings (SSSR count). The van der Waals surface area contributed by atoms with Crippen LogP contribution in [0, 0.1) is 17.5 Å². The molecule has 0 radical (unpaired) electrons. The quantitative estimate of drug-likeness (QED) is 0.665. The minimum Gasteiger partial charge on any atom is -0.452 e. The van der Waals surface area contributed by atoms with Crippen molar-refractivity contribution in [3.63, 3.8) is 0 Å². The molecule has 0 amide bonds. The molecule has 0 atom stereocenters. The van der Waals surface area contributed by atoms with E-state index in [9.17, 15) is 13.2 Å². The van der Waals surface area contributed by atoms with Gasteiger partial charge in [-0.2, -0.15) is 0 Å². The van der Waals surface area contributed by atoms with Gasteiger partial charge in [0.15, 0.2) is 23.1 Å². The van der Waals surface area contributed by atoms with E-state index in [1.165, 1.54) is 6.07 Å². The summed E-state index contributed by atoms with van der Waals surface area (Å²) in [5, 5.41) is 0. The van der Waals surface area contributed by atoms with Crippen LogP contribution in [0.5, 0.6) is 11.5 Å². The molecule has 1 heterocycles. The first kappa shape index (κ1) is 18.6. The lowest BCUT2D eigenvalue weighted by molar-refractivity contribution is 0.00578. The molecular weight excluding hydrogens is 346 g/mol. The van der Waals surface area contributed by atoms with Gasteiger partial charge in [-0.25, -0.2) is 13.2 Å². The third-order valence-corrected chi connectivity index (χ3v) is 4.71. The molecule has 0 spiro atoms. The zero-order valence-corrected chi connectivity index (χ0v) is 14.9. The standard InChI is InChI=1S/C18H19BF3NO3/c1-17(2)18(3,4)26-19(25-17)12-8-11(23)9-14(22)16(12)24-15-6-5-10(20)7-13(15)21/h5-9H,23H2,1-4H3. The summed E-state index contributed by atoms with van der Waals surface area (Å²) in [6.45, 7) is 7.37. The number of rotatable bonds is 3. The second-order valence-corrected chi connectivity index (χ2v) is 7.19. The molecule has 2 aromatic rings. The summed E-state index contributed by atoms with van der Waals surface area (Å²) in [6.07, 6.45) is 0. The van der Waals surface area contributed by atoms with Crippen LogP contribution >= 0.6 is 0 Å². The van der Waals surface area contributed by atoms with Crippen molar-refractivity contribution in [2.75, 3.05) is 5.73 Å². The van der Waals surface area contributed by atoms with E-state index in [2.05, 4.69) is 0 Å². The minimum atomic E-state index is -0.962. The van der Waals surface area contributed by atoms with Crippen molar-refractivity contribution in [2.45, 2.75) is 38.9 Å². The third-order valence-electron chi connectivity index (χ3n) is 4.71. The molecule has 1 saturated heterocycles. The highest BCUT2D eigenvalue weighted by Gasteiger charge is 2.52. The molecule has 0 unspecified atom stereocenters. The van der Waals surface area contributed by atoms with E-state index in [-0.39, 0.29) is 22.6 Å². The first-order valence-electron chi connectivity index (χ1n) is 8.07. The van der Waals surface area contributed by atoms with Crippen molar-refractivity contribution in [2.24, 2.45) is 0 Å². The molecule has 0 aromatic heterocycles. The Kier molecular flexibility index (Phi) is 4.44. The number of anilines is 1. The Labute approximate surface area is 150 Å². The summed E-state index contributed by atoms with van der Waals surface area (Å²) >= 11 is 0. The van der Waals surface area contributed by atoms with Crippen molar-refractivity contribution in [3.8, 4) is 11.5 Å². The molecule has 138 valence electrons.